The van der Waals surface area contributed by atoms with Gasteiger partial charge in [0.15, 0.2) is 5.67 Å². The fourth-order valence-corrected chi connectivity index (χ4v) is 9.38. The number of benzene rings is 3. The molecule has 0 fully saturated rings. The van der Waals surface area contributed by atoms with Crippen LogP contribution in [-0.4, -0.2) is 57.1 Å². The van der Waals surface area contributed by atoms with Crippen molar-refractivity contribution in [1.29, 1.82) is 0 Å². The van der Waals surface area contributed by atoms with Crippen LogP contribution in [0.4, 0.5) is 35.5 Å². The molecule has 0 amide bonds. The van der Waals surface area contributed by atoms with E-state index >= 15 is 4.39 Å². The first-order valence-electron chi connectivity index (χ1n) is 20.0. The standard InChI is InChI=1S/C46H44F7N5O4/c1-8-27-10-9-11-31-35-21-43(4,47)39-33(18-19-57(39)41(60)62-25-61-40(59)28-14-12-26(13-15-28)22-55(6)7)44(35,5)38-32-24-56(42(2,3)37(32)54-58(38)36(27)31)23-29-16-17-30(45(48,49)50)20-34(29)46(51,52)53/h9-21H,8,22-25H2,1-7H3. The molecule has 0 saturated carbocycles. The van der Waals surface area contributed by atoms with E-state index in [1.54, 1.807) is 49.1 Å². The third-order valence-corrected chi connectivity index (χ3v) is 12.4. The summed E-state index contributed by atoms with van der Waals surface area (Å²) in [5.41, 5.74) is -1.25. The second-order valence-corrected chi connectivity index (χ2v) is 17.1. The fourth-order valence-electron chi connectivity index (χ4n) is 9.38. The molecule has 3 aromatic carbocycles. The average molecular weight is 864 g/mol. The van der Waals surface area contributed by atoms with Gasteiger partial charge in [-0.1, -0.05) is 43.3 Å². The van der Waals surface area contributed by atoms with E-state index in [2.05, 4.69) is 0 Å². The number of halogens is 7. The van der Waals surface area contributed by atoms with Gasteiger partial charge in [-0.25, -0.2) is 18.7 Å². The van der Waals surface area contributed by atoms with Gasteiger partial charge in [0.25, 0.3) is 0 Å². The maximum absolute atomic E-state index is 17.4. The Labute approximate surface area is 353 Å². The second-order valence-electron chi connectivity index (χ2n) is 17.1. The van der Waals surface area contributed by atoms with Crippen molar-refractivity contribution < 1.29 is 49.8 Å². The number of nitrogens with zero attached hydrogens (tertiary/aromatic N) is 5. The van der Waals surface area contributed by atoms with E-state index in [0.29, 0.717) is 52.7 Å². The monoisotopic (exact) mass is 863 g/mol. The highest BCUT2D eigenvalue weighted by Gasteiger charge is 2.56. The zero-order valence-corrected chi connectivity index (χ0v) is 35.1. The Kier molecular flexibility index (Phi) is 10.2. The zero-order chi connectivity index (χ0) is 44.9. The summed E-state index contributed by atoms with van der Waals surface area (Å²) < 4.78 is 115. The summed E-state index contributed by atoms with van der Waals surface area (Å²) in [5.74, 6) is -0.724. The van der Waals surface area contributed by atoms with Crippen LogP contribution in [0.15, 0.2) is 79.0 Å². The van der Waals surface area contributed by atoms with E-state index in [0.717, 1.165) is 27.4 Å². The maximum atomic E-state index is 17.4. The number of fused-ring (bicyclic) bond motifs is 10. The molecule has 5 aromatic rings. The molecule has 0 saturated heterocycles. The first-order valence-corrected chi connectivity index (χ1v) is 20.0. The van der Waals surface area contributed by atoms with Gasteiger partial charge in [0.2, 0.25) is 6.79 Å². The Morgan fingerprint density at radius 3 is 2.23 bits per heavy atom. The van der Waals surface area contributed by atoms with Gasteiger partial charge in [-0.3, -0.25) is 9.47 Å². The van der Waals surface area contributed by atoms with Gasteiger partial charge in [0, 0.05) is 37.0 Å². The first-order chi connectivity index (χ1) is 29.0. The summed E-state index contributed by atoms with van der Waals surface area (Å²) >= 11 is 0. The van der Waals surface area contributed by atoms with Crippen molar-refractivity contribution in [2.75, 3.05) is 20.9 Å². The number of hydrogen-bond donors (Lipinski definition) is 0. The number of carbonyl (C=O) groups is 2. The smallest absolute Gasteiger partial charge is 0.421 e. The normalized spacial score (nSPS) is 20.2. The lowest BCUT2D eigenvalue weighted by Gasteiger charge is -2.45. The van der Waals surface area contributed by atoms with E-state index in [-0.39, 0.29) is 36.0 Å². The Morgan fingerprint density at radius 1 is 0.871 bits per heavy atom. The summed E-state index contributed by atoms with van der Waals surface area (Å²) in [4.78, 5) is 30.2. The predicted molar refractivity (Wildman–Crippen MR) is 215 cm³/mol. The Morgan fingerprint density at radius 2 is 1.58 bits per heavy atom. The lowest BCUT2D eigenvalue weighted by Crippen LogP contribution is -2.42. The third kappa shape index (κ3) is 6.91. The van der Waals surface area contributed by atoms with Crippen LogP contribution in [-0.2, 0) is 64.5 Å². The molecule has 0 N–H and O–H groups in total. The molecular weight excluding hydrogens is 820 g/mol. The molecule has 2 aromatic heterocycles. The first kappa shape index (κ1) is 42.9. The van der Waals surface area contributed by atoms with Gasteiger partial charge in [-0.15, -0.1) is 0 Å². The molecule has 2 aliphatic heterocycles. The number of aromatic nitrogens is 3. The molecule has 9 nitrogen and oxygen atoms in total. The highest BCUT2D eigenvalue weighted by Crippen LogP contribution is 2.60. The number of allylic oxidation sites excluding steroid dienone is 2. The van der Waals surface area contributed by atoms with Crippen LogP contribution in [0, 0.1) is 0 Å². The van der Waals surface area contributed by atoms with E-state index in [1.807, 2.05) is 55.7 Å². The van der Waals surface area contributed by atoms with Crippen LogP contribution >= 0.6 is 0 Å². The summed E-state index contributed by atoms with van der Waals surface area (Å²) in [6.07, 6.45) is -7.59. The third-order valence-electron chi connectivity index (χ3n) is 12.4. The Balaban J connectivity index is 1.17. The molecule has 0 bridgehead atoms. The van der Waals surface area contributed by atoms with Gasteiger partial charge in [-0.2, -0.15) is 31.4 Å². The number of esters is 1. The molecule has 62 heavy (non-hydrogen) atoms. The van der Waals surface area contributed by atoms with Crippen molar-refractivity contribution in [2.24, 2.45) is 0 Å². The lowest BCUT2D eigenvalue weighted by molar-refractivity contribution is -0.143. The average Bonchev–Trinajstić information content (AvgIpc) is 3.88. The molecule has 8 rings (SSSR count). The molecule has 16 heteroatoms. The van der Waals surface area contributed by atoms with E-state index in [9.17, 15) is 35.9 Å². The largest absolute Gasteiger partial charge is 0.424 e. The second kappa shape index (κ2) is 14.7. The maximum Gasteiger partial charge on any atom is 0.421 e. The highest BCUT2D eigenvalue weighted by molar-refractivity contribution is 5.91. The molecule has 0 spiro atoms. The fraction of sp³-hybridized carbons (Fsp3) is 0.370. The molecule has 1 aliphatic carbocycles. The number of aryl methyl sites for hydroxylation is 1. The number of carbonyl (C=O) groups excluding carboxylic acids is 2. The van der Waals surface area contributed by atoms with Crippen LogP contribution in [0.5, 0.6) is 0 Å². The Hall–Kier alpha value is -5.74. The van der Waals surface area contributed by atoms with E-state index < -0.39 is 59.0 Å². The topological polar surface area (TPSA) is 81.8 Å². The van der Waals surface area contributed by atoms with Gasteiger partial charge >= 0.3 is 24.4 Å². The van der Waals surface area contributed by atoms with Gasteiger partial charge < -0.3 is 14.4 Å². The van der Waals surface area contributed by atoms with Crippen molar-refractivity contribution in [3.63, 3.8) is 0 Å². The predicted octanol–water partition coefficient (Wildman–Crippen LogP) is 10.3. The van der Waals surface area contributed by atoms with Gasteiger partial charge in [0.1, 0.15) is 0 Å². The van der Waals surface area contributed by atoms with Crippen molar-refractivity contribution in [2.45, 2.75) is 89.6 Å². The van der Waals surface area contributed by atoms with E-state index in [1.165, 1.54) is 19.2 Å². The number of para-hydroxylation sites is 1. The van der Waals surface area contributed by atoms with E-state index in [4.69, 9.17) is 14.6 Å². The summed E-state index contributed by atoms with van der Waals surface area (Å²) in [6, 6.07) is 15.8. The van der Waals surface area contributed by atoms with Gasteiger partial charge in [0.05, 0.1) is 50.4 Å². The number of alkyl halides is 7. The molecule has 4 heterocycles. The van der Waals surface area contributed by atoms with Crippen molar-refractivity contribution in [3.05, 3.63) is 146 Å². The van der Waals surface area contributed by atoms with Gasteiger partial charge in [-0.05, 0) is 112 Å². The molecule has 0 radical (unpaired) electrons. The summed E-state index contributed by atoms with van der Waals surface area (Å²) in [5, 5.41) is 5.16. The number of rotatable bonds is 8. The Bertz CT molecular complexity index is 2650. The summed E-state index contributed by atoms with van der Waals surface area (Å²) in [6.45, 7) is 8.40. The zero-order valence-electron chi connectivity index (χ0n) is 35.1. The molecule has 3 aliphatic rings. The lowest BCUT2D eigenvalue weighted by atomic mass is 9.62. The minimum absolute atomic E-state index is 0.0400. The molecule has 326 valence electrons. The van der Waals surface area contributed by atoms with Crippen molar-refractivity contribution >= 4 is 17.6 Å². The van der Waals surface area contributed by atoms with Crippen LogP contribution in [0.3, 0.4) is 0 Å². The van der Waals surface area contributed by atoms with Crippen LogP contribution in [0.2, 0.25) is 0 Å². The number of ether oxygens (including phenoxy) is 2. The van der Waals surface area contributed by atoms with Crippen LogP contribution < -0.4 is 0 Å². The van der Waals surface area contributed by atoms with Crippen molar-refractivity contribution in [3.8, 4) is 5.69 Å². The molecule has 2 unspecified atom stereocenters. The van der Waals surface area contributed by atoms with Crippen LogP contribution in [0.1, 0.15) is 107 Å². The van der Waals surface area contributed by atoms with Crippen molar-refractivity contribution in [1.82, 2.24) is 24.1 Å². The minimum atomic E-state index is -5.06. The summed E-state index contributed by atoms with van der Waals surface area (Å²) in [7, 11) is 3.84. The quantitative estimate of drug-likeness (QED) is 0.0873. The molecular formula is C46H44F7N5O4. The van der Waals surface area contributed by atoms with Crippen LogP contribution in [0.25, 0.3) is 11.3 Å². The highest BCUT2D eigenvalue weighted by atomic mass is 19.4. The number of hydrogen-bond acceptors (Lipinski definition) is 7. The molecule has 2 atom stereocenters. The minimum Gasteiger partial charge on any atom is -0.424 e. The SMILES string of the molecule is CCc1cccc2c1-n1nc3c(c1C1(C)C2=CC(C)(F)c2c1ccn2C(=O)OCOC(=O)c1ccc(CN(C)C)cc1)CN(Cc1ccc(C(F)(F)F)cc1C(F)(F)F)C3(C)C.